The number of carbonyl (C=O) groups is 1. The number of aromatic nitrogens is 2. The molecule has 1 saturated heterocycles. The lowest BCUT2D eigenvalue weighted by Crippen LogP contribution is -2.53. The molecule has 1 fully saturated rings. The van der Waals surface area contributed by atoms with Crippen LogP contribution < -0.4 is 0 Å². The van der Waals surface area contributed by atoms with Gasteiger partial charge in [-0.1, -0.05) is 6.92 Å². The molecule has 0 saturated carbocycles. The zero-order valence-electron chi connectivity index (χ0n) is 13.8. The van der Waals surface area contributed by atoms with E-state index in [1.165, 1.54) is 15.1 Å². The summed E-state index contributed by atoms with van der Waals surface area (Å²) in [6.07, 6.45) is 0. The molecule has 0 N–H and O–H groups in total. The van der Waals surface area contributed by atoms with E-state index in [0.717, 1.165) is 19.6 Å². The van der Waals surface area contributed by atoms with E-state index >= 15 is 0 Å². The fourth-order valence-corrected chi connectivity index (χ4v) is 4.46. The lowest BCUT2D eigenvalue weighted by atomic mass is 10.1. The van der Waals surface area contributed by atoms with Crippen LogP contribution in [0.5, 0.6) is 0 Å². The molecule has 2 aliphatic heterocycles. The van der Waals surface area contributed by atoms with Crippen LogP contribution in [0.1, 0.15) is 24.3 Å². The lowest BCUT2D eigenvalue weighted by Gasteiger charge is -2.39. The van der Waals surface area contributed by atoms with Gasteiger partial charge >= 0.3 is 0 Å². The Morgan fingerprint density at radius 1 is 1.30 bits per heavy atom. The van der Waals surface area contributed by atoms with Crippen molar-refractivity contribution in [3.63, 3.8) is 0 Å². The number of likely N-dealkylation sites (N-methyl/N-ethyl adjacent to an activating group) is 2. The molecule has 0 spiro atoms. The maximum absolute atomic E-state index is 12.7. The average Bonchev–Trinajstić information content (AvgIpc) is 2.96. The van der Waals surface area contributed by atoms with Crippen LogP contribution in [0.25, 0.3) is 0 Å². The van der Waals surface area contributed by atoms with Crippen molar-refractivity contribution < 1.29 is 13.2 Å². The van der Waals surface area contributed by atoms with Gasteiger partial charge in [-0.05, 0) is 13.5 Å². The summed E-state index contributed by atoms with van der Waals surface area (Å²) in [6, 6.07) is 1.50. The van der Waals surface area contributed by atoms with E-state index in [9.17, 15) is 13.2 Å². The Kier molecular flexibility index (Phi) is 4.19. The first-order valence-electron chi connectivity index (χ1n) is 7.92. The highest BCUT2D eigenvalue weighted by molar-refractivity contribution is 7.89. The Bertz CT molecular complexity index is 714. The number of rotatable bonds is 2. The summed E-state index contributed by atoms with van der Waals surface area (Å²) >= 11 is 0. The minimum Gasteiger partial charge on any atom is -0.332 e. The van der Waals surface area contributed by atoms with Crippen LogP contribution in [0.15, 0.2) is 11.1 Å². The second-order valence-corrected chi connectivity index (χ2v) is 8.15. The highest BCUT2D eigenvalue weighted by atomic mass is 32.2. The number of sulfonamides is 1. The number of fused-ring (bicyclic) bond motifs is 1. The van der Waals surface area contributed by atoms with Gasteiger partial charge in [0.1, 0.15) is 0 Å². The average molecular weight is 341 g/mol. The highest BCUT2D eigenvalue weighted by Crippen LogP contribution is 2.22. The summed E-state index contributed by atoms with van der Waals surface area (Å²) in [4.78, 5) is 16.8. The molecule has 1 aromatic heterocycles. The van der Waals surface area contributed by atoms with Crippen molar-refractivity contribution in [2.45, 2.75) is 31.5 Å². The quantitative estimate of drug-likeness (QED) is 0.737. The van der Waals surface area contributed by atoms with Crippen LogP contribution >= 0.6 is 0 Å². The topological polar surface area (TPSA) is 78.8 Å². The SMILES string of the molecule is CCN1CCN(C(=O)c2cc3n(n2)CCN(C)S3(=O)=O)C(C)C1. The van der Waals surface area contributed by atoms with Crippen molar-refractivity contribution in [2.75, 3.05) is 39.8 Å². The smallest absolute Gasteiger partial charge is 0.274 e. The molecule has 9 heteroatoms. The van der Waals surface area contributed by atoms with Gasteiger partial charge in [0.25, 0.3) is 15.9 Å². The molecule has 0 aromatic carbocycles. The minimum absolute atomic E-state index is 0.0919. The van der Waals surface area contributed by atoms with E-state index in [4.69, 9.17) is 0 Å². The fourth-order valence-electron chi connectivity index (χ4n) is 3.16. The van der Waals surface area contributed by atoms with Crippen molar-refractivity contribution in [1.82, 2.24) is 23.9 Å². The zero-order chi connectivity index (χ0) is 16.8. The second-order valence-electron chi connectivity index (χ2n) is 6.16. The third-order valence-electron chi connectivity index (χ3n) is 4.68. The van der Waals surface area contributed by atoms with Crippen LogP contribution in [0.2, 0.25) is 0 Å². The molecule has 0 aliphatic carbocycles. The van der Waals surface area contributed by atoms with E-state index in [2.05, 4.69) is 16.9 Å². The van der Waals surface area contributed by atoms with Gasteiger partial charge in [-0.15, -0.1) is 0 Å². The Morgan fingerprint density at radius 3 is 2.70 bits per heavy atom. The van der Waals surface area contributed by atoms with Crippen LogP contribution in [-0.4, -0.2) is 84.0 Å². The summed E-state index contributed by atoms with van der Waals surface area (Å²) in [5.74, 6) is -0.187. The molecule has 0 radical (unpaired) electrons. The third kappa shape index (κ3) is 2.77. The Labute approximate surface area is 136 Å². The second kappa shape index (κ2) is 5.88. The van der Waals surface area contributed by atoms with E-state index in [0.29, 0.717) is 19.6 Å². The first-order chi connectivity index (χ1) is 10.8. The van der Waals surface area contributed by atoms with Crippen LogP contribution in [-0.2, 0) is 16.6 Å². The third-order valence-corrected chi connectivity index (χ3v) is 6.54. The van der Waals surface area contributed by atoms with Gasteiger partial charge in [-0.2, -0.15) is 9.40 Å². The summed E-state index contributed by atoms with van der Waals surface area (Å²) in [6.45, 7) is 8.24. The summed E-state index contributed by atoms with van der Waals surface area (Å²) in [7, 11) is -1.99. The molecule has 1 atom stereocenters. The van der Waals surface area contributed by atoms with Crippen molar-refractivity contribution >= 4 is 15.9 Å². The molecule has 23 heavy (non-hydrogen) atoms. The Hall–Kier alpha value is -1.45. The van der Waals surface area contributed by atoms with Gasteiger partial charge in [-0.25, -0.2) is 8.42 Å². The van der Waals surface area contributed by atoms with Crippen LogP contribution in [0.3, 0.4) is 0 Å². The van der Waals surface area contributed by atoms with Gasteiger partial charge in [-0.3, -0.25) is 14.4 Å². The first kappa shape index (κ1) is 16.4. The number of amides is 1. The molecule has 3 rings (SSSR count). The molecule has 1 unspecified atom stereocenters. The zero-order valence-corrected chi connectivity index (χ0v) is 14.6. The normalized spacial score (nSPS) is 25.3. The maximum Gasteiger partial charge on any atom is 0.274 e. The molecular formula is C14H23N5O3S. The van der Waals surface area contributed by atoms with Crippen molar-refractivity contribution in [1.29, 1.82) is 0 Å². The summed E-state index contributed by atoms with van der Waals surface area (Å²) in [5, 5.41) is 4.34. The number of hydrogen-bond donors (Lipinski definition) is 0. The summed E-state index contributed by atoms with van der Waals surface area (Å²) < 4.78 is 27.3. The molecule has 8 nitrogen and oxygen atoms in total. The van der Waals surface area contributed by atoms with E-state index in [-0.39, 0.29) is 22.7 Å². The minimum atomic E-state index is -3.54. The van der Waals surface area contributed by atoms with Gasteiger partial charge in [0.2, 0.25) is 0 Å². The van der Waals surface area contributed by atoms with Crippen LogP contribution in [0.4, 0.5) is 0 Å². The molecule has 1 amide bonds. The molecule has 0 bridgehead atoms. The largest absolute Gasteiger partial charge is 0.332 e. The van der Waals surface area contributed by atoms with E-state index in [1.54, 1.807) is 11.9 Å². The standard InChI is InChI=1S/C14H23N5O3S/c1-4-17-6-7-18(11(2)10-17)14(20)12-9-13-19(15-12)8-5-16(3)23(13,21)22/h9,11H,4-8,10H2,1-3H3. The Balaban J connectivity index is 1.85. The molecule has 3 heterocycles. The highest BCUT2D eigenvalue weighted by Gasteiger charge is 2.34. The van der Waals surface area contributed by atoms with Crippen molar-refractivity contribution in [3.05, 3.63) is 11.8 Å². The van der Waals surface area contributed by atoms with Gasteiger partial charge < -0.3 is 4.90 Å². The predicted octanol–water partition coefficient (Wildman–Crippen LogP) is -0.317. The van der Waals surface area contributed by atoms with Crippen molar-refractivity contribution in [3.8, 4) is 0 Å². The molecule has 128 valence electrons. The number of hydrogen-bond acceptors (Lipinski definition) is 5. The van der Waals surface area contributed by atoms with Crippen molar-refractivity contribution in [2.24, 2.45) is 0 Å². The number of carbonyl (C=O) groups excluding carboxylic acids is 1. The predicted molar refractivity (Wildman–Crippen MR) is 84.7 cm³/mol. The Morgan fingerprint density at radius 2 is 2.04 bits per heavy atom. The molecule has 2 aliphatic rings. The molecule has 1 aromatic rings. The summed E-state index contributed by atoms with van der Waals surface area (Å²) in [5.41, 5.74) is 0.218. The maximum atomic E-state index is 12.7. The van der Waals surface area contributed by atoms with E-state index in [1.807, 2.05) is 6.92 Å². The van der Waals surface area contributed by atoms with Crippen LogP contribution in [0, 0.1) is 0 Å². The fraction of sp³-hybridized carbons (Fsp3) is 0.714. The van der Waals surface area contributed by atoms with Gasteiger partial charge in [0, 0.05) is 45.3 Å². The van der Waals surface area contributed by atoms with Gasteiger partial charge in [0.05, 0.1) is 6.54 Å². The molecular weight excluding hydrogens is 318 g/mol. The monoisotopic (exact) mass is 341 g/mol. The van der Waals surface area contributed by atoms with E-state index < -0.39 is 10.0 Å². The number of nitrogens with zero attached hydrogens (tertiary/aromatic N) is 5. The lowest BCUT2D eigenvalue weighted by molar-refractivity contribution is 0.0493. The van der Waals surface area contributed by atoms with Gasteiger partial charge in [0.15, 0.2) is 10.7 Å². The first-order valence-corrected chi connectivity index (χ1v) is 9.36. The number of piperazine rings is 1.